The van der Waals surface area contributed by atoms with Gasteiger partial charge >= 0.3 is 5.97 Å². The Kier molecular flexibility index (Phi) is 4.07. The van der Waals surface area contributed by atoms with Crippen LogP contribution in [-0.4, -0.2) is 22.8 Å². The predicted octanol–water partition coefficient (Wildman–Crippen LogP) is 1.97. The van der Waals surface area contributed by atoms with Crippen molar-refractivity contribution in [2.75, 3.05) is 6.61 Å². The molecule has 3 heteroatoms. The fraction of sp³-hybridized carbons (Fsp3) is 0.462. The number of aliphatic hydroxyl groups excluding tert-OH is 1. The average Bonchev–Trinajstić information content (AvgIpc) is 2.27. The molecule has 0 atom stereocenters. The van der Waals surface area contributed by atoms with Crippen molar-refractivity contribution in [3.05, 3.63) is 35.4 Å². The molecule has 0 aromatic heterocycles. The van der Waals surface area contributed by atoms with Crippen molar-refractivity contribution in [2.24, 2.45) is 0 Å². The van der Waals surface area contributed by atoms with Gasteiger partial charge in [0.25, 0.3) is 0 Å². The van der Waals surface area contributed by atoms with Crippen molar-refractivity contribution in [3.63, 3.8) is 0 Å². The van der Waals surface area contributed by atoms with Gasteiger partial charge in [-0.1, -0.05) is 38.1 Å². The minimum atomic E-state index is -0.778. The van der Waals surface area contributed by atoms with Gasteiger partial charge in [-0.05, 0) is 17.5 Å². The second kappa shape index (κ2) is 5.12. The number of aliphatic carboxylic acids is 1. The predicted molar refractivity (Wildman–Crippen MR) is 62.5 cm³/mol. The van der Waals surface area contributed by atoms with Crippen molar-refractivity contribution in [3.8, 4) is 0 Å². The van der Waals surface area contributed by atoms with Crippen LogP contribution in [0, 0.1) is 0 Å². The smallest absolute Gasteiger partial charge is 0.303 e. The number of aryl methyl sites for hydroxylation is 1. The Bertz CT molecular complexity index is 352. The molecular formula is C13H18O3. The van der Waals surface area contributed by atoms with Crippen LogP contribution >= 0.6 is 0 Å². The van der Waals surface area contributed by atoms with Crippen LogP contribution < -0.4 is 0 Å². The van der Waals surface area contributed by atoms with Crippen LogP contribution in [0.3, 0.4) is 0 Å². The highest BCUT2D eigenvalue weighted by Gasteiger charge is 2.18. The molecule has 1 aromatic rings. The molecule has 0 saturated heterocycles. The van der Waals surface area contributed by atoms with E-state index in [0.717, 1.165) is 11.1 Å². The molecule has 0 aliphatic heterocycles. The van der Waals surface area contributed by atoms with Crippen LogP contribution in [0.1, 0.15) is 31.4 Å². The molecule has 0 aliphatic carbocycles. The maximum absolute atomic E-state index is 10.4. The molecule has 0 heterocycles. The zero-order chi connectivity index (χ0) is 12.2. The lowest BCUT2D eigenvalue weighted by molar-refractivity contribution is -0.136. The molecule has 0 aliphatic rings. The summed E-state index contributed by atoms with van der Waals surface area (Å²) < 4.78 is 0. The van der Waals surface area contributed by atoms with Crippen LogP contribution in [-0.2, 0) is 16.6 Å². The average molecular weight is 222 g/mol. The minimum Gasteiger partial charge on any atom is -0.481 e. The highest BCUT2D eigenvalue weighted by molar-refractivity contribution is 5.67. The van der Waals surface area contributed by atoms with Crippen molar-refractivity contribution >= 4 is 5.97 Å². The van der Waals surface area contributed by atoms with Crippen LogP contribution in [0.25, 0.3) is 0 Å². The summed E-state index contributed by atoms with van der Waals surface area (Å²) >= 11 is 0. The zero-order valence-electron chi connectivity index (χ0n) is 9.73. The van der Waals surface area contributed by atoms with E-state index in [1.165, 1.54) is 0 Å². The zero-order valence-corrected chi connectivity index (χ0v) is 9.73. The molecule has 88 valence electrons. The summed E-state index contributed by atoms with van der Waals surface area (Å²) in [4.78, 5) is 10.4. The summed E-state index contributed by atoms with van der Waals surface area (Å²) in [5.41, 5.74) is 1.83. The van der Waals surface area contributed by atoms with Gasteiger partial charge in [0.15, 0.2) is 0 Å². The van der Waals surface area contributed by atoms with Gasteiger partial charge in [0.1, 0.15) is 0 Å². The number of benzene rings is 1. The molecule has 0 radical (unpaired) electrons. The molecule has 1 rings (SSSR count). The molecule has 0 saturated carbocycles. The summed E-state index contributed by atoms with van der Waals surface area (Å²) in [5.74, 6) is -0.778. The lowest BCUT2D eigenvalue weighted by atomic mass is 9.85. The molecule has 0 amide bonds. The van der Waals surface area contributed by atoms with Crippen LogP contribution in [0.5, 0.6) is 0 Å². The Morgan fingerprint density at radius 3 is 2.25 bits per heavy atom. The van der Waals surface area contributed by atoms with E-state index >= 15 is 0 Å². The minimum absolute atomic E-state index is 0.0987. The summed E-state index contributed by atoms with van der Waals surface area (Å²) in [6, 6.07) is 7.76. The van der Waals surface area contributed by atoms with Gasteiger partial charge in [0.2, 0.25) is 0 Å². The standard InChI is InChI=1S/C13H18O3/c1-13(2,9-14)11-6-3-10(4-7-11)5-8-12(15)16/h3-4,6-7,14H,5,8-9H2,1-2H3,(H,15,16). The van der Waals surface area contributed by atoms with E-state index in [9.17, 15) is 9.90 Å². The summed E-state index contributed by atoms with van der Waals surface area (Å²) in [6.45, 7) is 4.04. The number of hydrogen-bond donors (Lipinski definition) is 2. The maximum atomic E-state index is 10.4. The van der Waals surface area contributed by atoms with Gasteiger partial charge in [0, 0.05) is 11.8 Å². The van der Waals surface area contributed by atoms with E-state index in [2.05, 4.69) is 0 Å². The first-order valence-corrected chi connectivity index (χ1v) is 5.38. The van der Waals surface area contributed by atoms with E-state index in [-0.39, 0.29) is 18.4 Å². The summed E-state index contributed by atoms with van der Waals surface area (Å²) in [7, 11) is 0. The quantitative estimate of drug-likeness (QED) is 0.800. The number of rotatable bonds is 5. The largest absolute Gasteiger partial charge is 0.481 e. The fourth-order valence-electron chi connectivity index (χ4n) is 1.47. The molecule has 0 spiro atoms. The van der Waals surface area contributed by atoms with Gasteiger partial charge in [-0.2, -0.15) is 0 Å². The third-order valence-corrected chi connectivity index (χ3v) is 2.76. The molecule has 1 aromatic carbocycles. The first kappa shape index (κ1) is 12.7. The Balaban J connectivity index is 2.71. The number of carbonyl (C=O) groups is 1. The van der Waals surface area contributed by atoms with E-state index in [1.807, 2.05) is 38.1 Å². The molecule has 0 bridgehead atoms. The van der Waals surface area contributed by atoms with Crippen molar-refractivity contribution in [2.45, 2.75) is 32.1 Å². The summed E-state index contributed by atoms with van der Waals surface area (Å²) in [6.07, 6.45) is 0.706. The third kappa shape index (κ3) is 3.35. The number of carboxylic acids is 1. The lowest BCUT2D eigenvalue weighted by Crippen LogP contribution is -2.21. The molecule has 3 nitrogen and oxygen atoms in total. The molecule has 16 heavy (non-hydrogen) atoms. The Hall–Kier alpha value is -1.35. The van der Waals surface area contributed by atoms with Crippen molar-refractivity contribution in [1.29, 1.82) is 0 Å². The first-order valence-electron chi connectivity index (χ1n) is 5.38. The van der Waals surface area contributed by atoms with Gasteiger partial charge in [-0.3, -0.25) is 4.79 Å². The van der Waals surface area contributed by atoms with E-state index in [0.29, 0.717) is 6.42 Å². The number of carboxylic acid groups (broad SMARTS) is 1. The van der Waals surface area contributed by atoms with Crippen molar-refractivity contribution < 1.29 is 15.0 Å². The number of aliphatic hydroxyl groups is 1. The Labute approximate surface area is 95.7 Å². The van der Waals surface area contributed by atoms with E-state index in [1.54, 1.807) is 0 Å². The van der Waals surface area contributed by atoms with Crippen LogP contribution in [0.4, 0.5) is 0 Å². The van der Waals surface area contributed by atoms with Crippen LogP contribution in [0.15, 0.2) is 24.3 Å². The normalized spacial score (nSPS) is 11.4. The molecule has 0 fully saturated rings. The molecular weight excluding hydrogens is 204 g/mol. The van der Waals surface area contributed by atoms with Crippen LogP contribution in [0.2, 0.25) is 0 Å². The van der Waals surface area contributed by atoms with Gasteiger partial charge in [0.05, 0.1) is 6.61 Å². The second-order valence-corrected chi connectivity index (χ2v) is 4.63. The Morgan fingerprint density at radius 1 is 1.25 bits per heavy atom. The van der Waals surface area contributed by atoms with Gasteiger partial charge < -0.3 is 10.2 Å². The van der Waals surface area contributed by atoms with E-state index in [4.69, 9.17) is 5.11 Å². The topological polar surface area (TPSA) is 57.5 Å². The Morgan fingerprint density at radius 2 is 1.81 bits per heavy atom. The maximum Gasteiger partial charge on any atom is 0.303 e. The monoisotopic (exact) mass is 222 g/mol. The number of hydrogen-bond acceptors (Lipinski definition) is 2. The first-order chi connectivity index (χ1) is 7.45. The molecule has 0 unspecified atom stereocenters. The highest BCUT2D eigenvalue weighted by atomic mass is 16.4. The SMILES string of the molecule is CC(C)(CO)c1ccc(CCC(=O)O)cc1. The summed E-state index contributed by atoms with van der Waals surface area (Å²) in [5, 5.41) is 17.8. The molecule has 2 N–H and O–H groups in total. The van der Waals surface area contributed by atoms with Gasteiger partial charge in [-0.25, -0.2) is 0 Å². The highest BCUT2D eigenvalue weighted by Crippen LogP contribution is 2.22. The van der Waals surface area contributed by atoms with Gasteiger partial charge in [-0.15, -0.1) is 0 Å². The third-order valence-electron chi connectivity index (χ3n) is 2.76. The lowest BCUT2D eigenvalue weighted by Gasteiger charge is -2.22. The fourth-order valence-corrected chi connectivity index (χ4v) is 1.47. The van der Waals surface area contributed by atoms with Crippen molar-refractivity contribution in [1.82, 2.24) is 0 Å². The second-order valence-electron chi connectivity index (χ2n) is 4.63. The van der Waals surface area contributed by atoms with E-state index < -0.39 is 5.97 Å².